The molecular formula is C20H31N3O2. The van der Waals surface area contributed by atoms with E-state index >= 15 is 0 Å². The summed E-state index contributed by atoms with van der Waals surface area (Å²) in [5, 5.41) is 0. The topological polar surface area (TPSA) is 45.7 Å². The second-order valence-corrected chi connectivity index (χ2v) is 7.49. The van der Waals surface area contributed by atoms with E-state index in [0.717, 1.165) is 64.0 Å². The summed E-state index contributed by atoms with van der Waals surface area (Å²) in [4.78, 5) is 21.5. The molecular weight excluding hydrogens is 314 g/mol. The number of nitrogens with zero attached hydrogens (tertiary/aromatic N) is 3. The molecule has 0 N–H and O–H groups in total. The van der Waals surface area contributed by atoms with Gasteiger partial charge in [-0.15, -0.1) is 0 Å². The fourth-order valence-corrected chi connectivity index (χ4v) is 3.79. The van der Waals surface area contributed by atoms with E-state index in [2.05, 4.69) is 16.8 Å². The Morgan fingerprint density at radius 2 is 2.04 bits per heavy atom. The summed E-state index contributed by atoms with van der Waals surface area (Å²) in [7, 11) is 0. The van der Waals surface area contributed by atoms with Crippen molar-refractivity contribution in [3.8, 4) is 0 Å². The highest BCUT2D eigenvalue weighted by Gasteiger charge is 2.23. The third kappa shape index (κ3) is 4.72. The van der Waals surface area contributed by atoms with Crippen molar-refractivity contribution in [2.45, 2.75) is 39.5 Å². The molecule has 0 aromatic carbocycles. The Morgan fingerprint density at radius 1 is 1.24 bits per heavy atom. The Bertz CT molecular complexity index is 553. The van der Waals surface area contributed by atoms with Crippen LogP contribution >= 0.6 is 0 Å². The highest BCUT2D eigenvalue weighted by Crippen LogP contribution is 2.23. The first-order chi connectivity index (χ1) is 12.2. The maximum absolute atomic E-state index is 12.6. The molecule has 2 aliphatic rings. The fraction of sp³-hybridized carbons (Fsp3) is 0.700. The second-order valence-electron chi connectivity index (χ2n) is 7.49. The summed E-state index contributed by atoms with van der Waals surface area (Å²) in [5.74, 6) is 2.41. The average Bonchev–Trinajstić information content (AvgIpc) is 2.67. The molecule has 0 radical (unpaired) electrons. The van der Waals surface area contributed by atoms with Gasteiger partial charge in [0, 0.05) is 39.0 Å². The molecule has 25 heavy (non-hydrogen) atoms. The van der Waals surface area contributed by atoms with Gasteiger partial charge < -0.3 is 14.5 Å². The van der Waals surface area contributed by atoms with Gasteiger partial charge >= 0.3 is 0 Å². The summed E-state index contributed by atoms with van der Waals surface area (Å²) in [6, 6.07) is 3.94. The lowest BCUT2D eigenvalue weighted by Crippen LogP contribution is -2.38. The quantitative estimate of drug-likeness (QED) is 0.822. The third-order valence-electron chi connectivity index (χ3n) is 5.47. The van der Waals surface area contributed by atoms with Crippen molar-refractivity contribution in [1.82, 2.24) is 9.88 Å². The minimum Gasteiger partial charge on any atom is -0.381 e. The van der Waals surface area contributed by atoms with Crippen LogP contribution in [0.5, 0.6) is 0 Å². The van der Waals surface area contributed by atoms with Crippen molar-refractivity contribution in [1.29, 1.82) is 0 Å². The van der Waals surface area contributed by atoms with E-state index in [-0.39, 0.29) is 5.91 Å². The van der Waals surface area contributed by atoms with E-state index in [1.54, 1.807) is 6.20 Å². The van der Waals surface area contributed by atoms with Crippen LogP contribution in [0.4, 0.5) is 5.82 Å². The van der Waals surface area contributed by atoms with Crippen molar-refractivity contribution in [3.05, 3.63) is 23.9 Å². The number of piperidine rings is 2. The van der Waals surface area contributed by atoms with Gasteiger partial charge in [0.1, 0.15) is 5.82 Å². The number of ether oxygens (including phenoxy) is 1. The van der Waals surface area contributed by atoms with Crippen LogP contribution in [0.3, 0.4) is 0 Å². The van der Waals surface area contributed by atoms with Crippen LogP contribution in [0.2, 0.25) is 0 Å². The Balaban J connectivity index is 1.59. The highest BCUT2D eigenvalue weighted by molar-refractivity contribution is 5.94. The van der Waals surface area contributed by atoms with E-state index in [9.17, 15) is 4.79 Å². The van der Waals surface area contributed by atoms with Gasteiger partial charge in [0.15, 0.2) is 0 Å². The van der Waals surface area contributed by atoms with E-state index < -0.39 is 0 Å². The average molecular weight is 345 g/mol. The molecule has 1 unspecified atom stereocenters. The smallest absolute Gasteiger partial charge is 0.255 e. The zero-order valence-corrected chi connectivity index (χ0v) is 15.6. The first-order valence-corrected chi connectivity index (χ1v) is 9.75. The largest absolute Gasteiger partial charge is 0.381 e. The summed E-state index contributed by atoms with van der Waals surface area (Å²) in [5.41, 5.74) is 0.709. The number of rotatable bonds is 5. The molecule has 0 bridgehead atoms. The lowest BCUT2D eigenvalue weighted by atomic mass is 9.98. The van der Waals surface area contributed by atoms with Crippen LogP contribution in [0, 0.1) is 11.8 Å². The molecule has 0 spiro atoms. The summed E-state index contributed by atoms with van der Waals surface area (Å²) >= 11 is 0. The molecule has 3 heterocycles. The predicted octanol–water partition coefficient (Wildman–Crippen LogP) is 3.21. The van der Waals surface area contributed by atoms with Crippen molar-refractivity contribution < 1.29 is 9.53 Å². The molecule has 0 aliphatic carbocycles. The van der Waals surface area contributed by atoms with E-state index in [0.29, 0.717) is 11.5 Å². The fourth-order valence-electron chi connectivity index (χ4n) is 3.79. The first-order valence-electron chi connectivity index (χ1n) is 9.75. The monoisotopic (exact) mass is 345 g/mol. The van der Waals surface area contributed by atoms with Gasteiger partial charge in [-0.2, -0.15) is 0 Å². The standard InChI is InChI=1S/C20H31N3O2/c1-3-25-15-17-5-4-10-23(14-17)19-7-6-18(13-21-19)20(24)22-11-8-16(2)9-12-22/h6-7,13,16-17H,3-5,8-12,14-15H2,1-2H3. The number of anilines is 1. The lowest BCUT2D eigenvalue weighted by molar-refractivity contribution is 0.0697. The second kappa shape index (κ2) is 8.65. The number of carbonyl (C=O) groups excluding carboxylic acids is 1. The molecule has 5 heteroatoms. The molecule has 2 fully saturated rings. The number of hydrogen-bond acceptors (Lipinski definition) is 4. The molecule has 0 saturated carbocycles. The lowest BCUT2D eigenvalue weighted by Gasteiger charge is -2.33. The van der Waals surface area contributed by atoms with Crippen molar-refractivity contribution in [3.63, 3.8) is 0 Å². The van der Waals surface area contributed by atoms with Gasteiger partial charge in [-0.1, -0.05) is 6.92 Å². The van der Waals surface area contributed by atoms with Crippen LogP contribution in [0.1, 0.15) is 49.9 Å². The van der Waals surface area contributed by atoms with Gasteiger partial charge in [0.2, 0.25) is 0 Å². The number of likely N-dealkylation sites (tertiary alicyclic amines) is 1. The number of pyridine rings is 1. The number of aromatic nitrogens is 1. The van der Waals surface area contributed by atoms with E-state index in [4.69, 9.17) is 4.74 Å². The normalized spacial score (nSPS) is 22.2. The van der Waals surface area contributed by atoms with E-state index in [1.807, 2.05) is 24.0 Å². The van der Waals surface area contributed by atoms with Gasteiger partial charge in [-0.25, -0.2) is 4.98 Å². The molecule has 2 aliphatic heterocycles. The molecule has 3 rings (SSSR count). The Labute approximate surface area is 151 Å². The van der Waals surface area contributed by atoms with E-state index in [1.165, 1.54) is 12.8 Å². The molecule has 1 atom stereocenters. The minimum atomic E-state index is 0.124. The van der Waals surface area contributed by atoms with Crippen molar-refractivity contribution in [2.75, 3.05) is 44.3 Å². The number of hydrogen-bond donors (Lipinski definition) is 0. The Morgan fingerprint density at radius 3 is 2.72 bits per heavy atom. The number of amides is 1. The summed E-state index contributed by atoms with van der Waals surface area (Å²) in [6.45, 7) is 9.67. The van der Waals surface area contributed by atoms with Crippen molar-refractivity contribution >= 4 is 11.7 Å². The summed E-state index contributed by atoms with van der Waals surface area (Å²) < 4.78 is 5.59. The maximum atomic E-state index is 12.6. The molecule has 1 aromatic heterocycles. The number of carbonyl (C=O) groups is 1. The minimum absolute atomic E-state index is 0.124. The Hall–Kier alpha value is -1.62. The molecule has 138 valence electrons. The third-order valence-corrected chi connectivity index (χ3v) is 5.47. The Kier molecular flexibility index (Phi) is 6.29. The van der Waals surface area contributed by atoms with Crippen LogP contribution < -0.4 is 4.90 Å². The van der Waals surface area contributed by atoms with Gasteiger partial charge in [-0.05, 0) is 56.6 Å². The molecule has 1 amide bonds. The van der Waals surface area contributed by atoms with Gasteiger partial charge in [-0.3, -0.25) is 4.79 Å². The van der Waals surface area contributed by atoms with Gasteiger partial charge in [0.05, 0.1) is 12.2 Å². The van der Waals surface area contributed by atoms with Crippen LogP contribution in [0.15, 0.2) is 18.3 Å². The van der Waals surface area contributed by atoms with Crippen molar-refractivity contribution in [2.24, 2.45) is 11.8 Å². The summed E-state index contributed by atoms with van der Waals surface area (Å²) in [6.07, 6.45) is 6.35. The highest BCUT2D eigenvalue weighted by atomic mass is 16.5. The zero-order valence-electron chi connectivity index (χ0n) is 15.6. The van der Waals surface area contributed by atoms with Crippen LogP contribution in [0.25, 0.3) is 0 Å². The SMILES string of the molecule is CCOCC1CCCN(c2ccc(C(=O)N3CCC(C)CC3)cn2)C1. The predicted molar refractivity (Wildman–Crippen MR) is 100.0 cm³/mol. The molecule has 1 aromatic rings. The zero-order chi connectivity index (χ0) is 17.6. The molecule has 5 nitrogen and oxygen atoms in total. The maximum Gasteiger partial charge on any atom is 0.255 e. The van der Waals surface area contributed by atoms with Crippen LogP contribution in [-0.4, -0.2) is 55.2 Å². The first kappa shape index (κ1) is 18.2. The molecule has 2 saturated heterocycles. The van der Waals surface area contributed by atoms with Crippen LogP contribution in [-0.2, 0) is 4.74 Å². The van der Waals surface area contributed by atoms with Gasteiger partial charge in [0.25, 0.3) is 5.91 Å².